The van der Waals surface area contributed by atoms with Gasteiger partial charge in [0.2, 0.25) is 17.6 Å². The number of rotatable bonds is 15. The second-order valence-corrected chi connectivity index (χ2v) is 13.1. The van der Waals surface area contributed by atoms with Gasteiger partial charge in [-0.05, 0) is 31.4 Å². The van der Waals surface area contributed by atoms with Crippen molar-refractivity contribution in [2.45, 2.75) is 73.3 Å². The highest BCUT2D eigenvalue weighted by atomic mass is 16.4. The average molecular weight is 614 g/mol. The topological polar surface area (TPSA) is 158 Å². The number of aromatic carboxylic acids is 1. The molecule has 1 saturated heterocycles. The molecule has 11 heteroatoms. The van der Waals surface area contributed by atoms with Crippen LogP contribution in [0.25, 0.3) is 0 Å². The predicted molar refractivity (Wildman–Crippen MR) is 164 cm³/mol. The van der Waals surface area contributed by atoms with Crippen LogP contribution in [0.1, 0.15) is 87.9 Å². The number of piperazine rings is 1. The van der Waals surface area contributed by atoms with Crippen molar-refractivity contribution >= 4 is 40.9 Å². The fourth-order valence-corrected chi connectivity index (χ4v) is 5.18. The average Bonchev–Trinajstić information content (AvgIpc) is 2.95. The maximum Gasteiger partial charge on any atom is 0.336 e. The Labute approximate surface area is 259 Å². The van der Waals surface area contributed by atoms with E-state index in [0.717, 1.165) is 13.1 Å². The molecule has 0 aliphatic carbocycles. The number of carbonyl (C=O) groups excluding carboxylic acids is 6. The third kappa shape index (κ3) is 10.2. The Hall–Kier alpha value is -3.73. The fourth-order valence-electron chi connectivity index (χ4n) is 5.18. The molecule has 1 heterocycles. The van der Waals surface area contributed by atoms with E-state index in [9.17, 15) is 38.7 Å². The van der Waals surface area contributed by atoms with Crippen LogP contribution in [0.4, 0.5) is 0 Å². The minimum atomic E-state index is -1.25. The van der Waals surface area contributed by atoms with Crippen molar-refractivity contribution in [3.8, 4) is 0 Å². The van der Waals surface area contributed by atoms with Crippen molar-refractivity contribution in [3.63, 3.8) is 0 Å². The van der Waals surface area contributed by atoms with E-state index >= 15 is 0 Å². The molecule has 0 unspecified atom stereocenters. The Morgan fingerprint density at radius 2 is 1.43 bits per heavy atom. The van der Waals surface area contributed by atoms with Gasteiger partial charge in [-0.15, -0.1) is 0 Å². The molecule has 1 aliphatic heterocycles. The van der Waals surface area contributed by atoms with Gasteiger partial charge in [-0.3, -0.25) is 28.8 Å². The summed E-state index contributed by atoms with van der Waals surface area (Å²) < 4.78 is 0. The zero-order valence-electron chi connectivity index (χ0n) is 27.0. The van der Waals surface area contributed by atoms with Crippen LogP contribution in [0.15, 0.2) is 24.3 Å². The van der Waals surface area contributed by atoms with Crippen molar-refractivity contribution < 1.29 is 38.7 Å². The zero-order valence-corrected chi connectivity index (χ0v) is 27.0. The first-order chi connectivity index (χ1) is 20.4. The molecule has 3 atom stereocenters. The lowest BCUT2D eigenvalue weighted by Gasteiger charge is -2.32. The number of hydrogen-bond acceptors (Lipinski definition) is 8. The van der Waals surface area contributed by atoms with Crippen molar-refractivity contribution in [2.24, 2.45) is 23.2 Å². The lowest BCUT2D eigenvalue weighted by Crippen LogP contribution is -2.47. The van der Waals surface area contributed by atoms with E-state index in [1.807, 2.05) is 7.05 Å². The lowest BCUT2D eigenvalue weighted by atomic mass is 9.76. The molecular formula is C33H47N3O8. The van der Waals surface area contributed by atoms with Crippen LogP contribution < -0.4 is 5.32 Å². The maximum absolute atomic E-state index is 13.4. The van der Waals surface area contributed by atoms with Crippen LogP contribution in [-0.4, -0.2) is 95.1 Å². The Balaban J connectivity index is 2.03. The van der Waals surface area contributed by atoms with E-state index < -0.39 is 58.3 Å². The molecule has 1 fully saturated rings. The van der Waals surface area contributed by atoms with Crippen molar-refractivity contribution in [1.29, 1.82) is 0 Å². The number of Topliss-reactive ketones (excluding diaryl/α,β-unsaturated/α-hetero) is 4. The van der Waals surface area contributed by atoms with E-state index in [1.54, 1.807) is 45.6 Å². The van der Waals surface area contributed by atoms with E-state index in [1.165, 1.54) is 25.1 Å². The van der Waals surface area contributed by atoms with Crippen LogP contribution >= 0.6 is 0 Å². The van der Waals surface area contributed by atoms with Crippen LogP contribution in [0.2, 0.25) is 0 Å². The zero-order chi connectivity index (χ0) is 33.4. The van der Waals surface area contributed by atoms with Crippen LogP contribution in [0.5, 0.6) is 0 Å². The summed E-state index contributed by atoms with van der Waals surface area (Å²) in [6.45, 7) is 12.9. The molecule has 11 nitrogen and oxygen atoms in total. The highest BCUT2D eigenvalue weighted by Crippen LogP contribution is 2.31. The number of hydrogen-bond donors (Lipinski definition) is 2. The van der Waals surface area contributed by atoms with E-state index in [0.29, 0.717) is 13.1 Å². The number of carboxylic acid groups (broad SMARTS) is 1. The summed E-state index contributed by atoms with van der Waals surface area (Å²) in [6, 6.07) is 4.79. The molecule has 0 saturated carbocycles. The minimum absolute atomic E-state index is 0.000591. The van der Waals surface area contributed by atoms with Gasteiger partial charge in [0, 0.05) is 63.3 Å². The number of amides is 2. The summed E-state index contributed by atoms with van der Waals surface area (Å²) in [6.07, 6.45) is -0.820. The Morgan fingerprint density at radius 3 is 1.95 bits per heavy atom. The number of ketones is 4. The summed E-state index contributed by atoms with van der Waals surface area (Å²) in [7, 11) is 1.97. The molecule has 2 N–H and O–H groups in total. The summed E-state index contributed by atoms with van der Waals surface area (Å²) in [5.74, 6) is -6.43. The quantitative estimate of drug-likeness (QED) is 0.224. The third-order valence-corrected chi connectivity index (χ3v) is 8.31. The highest BCUT2D eigenvalue weighted by molar-refractivity contribution is 6.38. The molecule has 0 radical (unpaired) electrons. The first-order valence-electron chi connectivity index (χ1n) is 15.2. The fraction of sp³-hybridized carbons (Fsp3) is 0.606. The third-order valence-electron chi connectivity index (χ3n) is 8.31. The SMILES string of the molecule is CC(C)[C@H](CC(=O)[C@H](C)NC(=O)[C@@H](CC(=O)c1ccccc1C(=O)O)C(C)(C)C)C(=O)C(=O)CCC(=O)N1CCN(C)CC1. The molecule has 1 aromatic rings. The molecule has 1 aromatic carbocycles. The smallest absolute Gasteiger partial charge is 0.336 e. The normalized spacial score (nSPS) is 16.1. The van der Waals surface area contributed by atoms with Crippen molar-refractivity contribution in [2.75, 3.05) is 33.2 Å². The lowest BCUT2D eigenvalue weighted by molar-refractivity contribution is -0.142. The molecule has 2 amide bonds. The van der Waals surface area contributed by atoms with Gasteiger partial charge in [0.1, 0.15) is 0 Å². The Morgan fingerprint density at radius 1 is 0.864 bits per heavy atom. The number of likely N-dealkylation sites (N-methyl/N-ethyl adjacent to an activating group) is 1. The molecule has 2 rings (SSSR count). The summed E-state index contributed by atoms with van der Waals surface area (Å²) in [5, 5.41) is 12.1. The molecule has 1 aliphatic rings. The highest BCUT2D eigenvalue weighted by Gasteiger charge is 2.37. The van der Waals surface area contributed by atoms with Gasteiger partial charge in [-0.25, -0.2) is 4.79 Å². The molecular weight excluding hydrogens is 566 g/mol. The van der Waals surface area contributed by atoms with E-state index in [4.69, 9.17) is 0 Å². The van der Waals surface area contributed by atoms with Gasteiger partial charge in [0.25, 0.3) is 0 Å². The van der Waals surface area contributed by atoms with Crippen LogP contribution in [0.3, 0.4) is 0 Å². The molecule has 0 spiro atoms. The second kappa shape index (κ2) is 15.8. The van der Waals surface area contributed by atoms with Gasteiger partial charge in [-0.2, -0.15) is 0 Å². The van der Waals surface area contributed by atoms with Gasteiger partial charge < -0.3 is 20.2 Å². The largest absolute Gasteiger partial charge is 0.478 e. The molecule has 0 bridgehead atoms. The van der Waals surface area contributed by atoms with E-state index in [2.05, 4.69) is 10.2 Å². The van der Waals surface area contributed by atoms with Crippen molar-refractivity contribution in [3.05, 3.63) is 35.4 Å². The van der Waals surface area contributed by atoms with Gasteiger partial charge >= 0.3 is 5.97 Å². The van der Waals surface area contributed by atoms with Crippen molar-refractivity contribution in [1.82, 2.24) is 15.1 Å². The Kier molecular flexibility index (Phi) is 13.1. The standard InChI is InChI=1S/C33H47N3O8/c1-20(2)24(30(41)26(37)12-13-29(40)36-16-14-35(7)15-17-36)18-27(38)21(3)34-31(42)25(33(4,5)6)19-28(39)22-10-8-9-11-23(22)32(43)44/h8-11,20-21,24-25H,12-19H2,1-7H3,(H,34,42)(H,43,44)/t21-,24-,25+/m0/s1. The molecule has 44 heavy (non-hydrogen) atoms. The van der Waals surface area contributed by atoms with Gasteiger partial charge in [-0.1, -0.05) is 52.8 Å². The Bertz CT molecular complexity index is 1260. The number of carboxylic acids is 1. The number of nitrogens with zero attached hydrogens (tertiary/aromatic N) is 2. The first-order valence-corrected chi connectivity index (χ1v) is 15.2. The second-order valence-electron chi connectivity index (χ2n) is 13.1. The summed E-state index contributed by atoms with van der Waals surface area (Å²) in [5.41, 5.74) is -0.860. The predicted octanol–water partition coefficient (Wildman–Crippen LogP) is 3.05. The van der Waals surface area contributed by atoms with E-state index in [-0.39, 0.29) is 48.6 Å². The van der Waals surface area contributed by atoms with Gasteiger partial charge in [0.05, 0.1) is 17.5 Å². The van der Waals surface area contributed by atoms with Crippen LogP contribution in [-0.2, 0) is 24.0 Å². The number of nitrogens with one attached hydrogen (secondary N) is 1. The number of benzene rings is 1. The summed E-state index contributed by atoms with van der Waals surface area (Å²) in [4.78, 5) is 93.4. The number of carbonyl (C=O) groups is 7. The summed E-state index contributed by atoms with van der Waals surface area (Å²) >= 11 is 0. The maximum atomic E-state index is 13.4. The molecule has 242 valence electrons. The minimum Gasteiger partial charge on any atom is -0.478 e. The van der Waals surface area contributed by atoms with Gasteiger partial charge in [0.15, 0.2) is 17.3 Å². The first kappa shape index (κ1) is 36.5. The monoisotopic (exact) mass is 613 g/mol. The molecule has 0 aromatic heterocycles. The van der Waals surface area contributed by atoms with Crippen LogP contribution in [0, 0.1) is 23.2 Å².